The number of hydrogen-bond donors (Lipinski definition) is 4. The number of sulfonamides is 1. The molecule has 14 nitrogen and oxygen atoms in total. The third kappa shape index (κ3) is 9.91. The lowest BCUT2D eigenvalue weighted by Crippen LogP contribution is -2.59. The van der Waals surface area contributed by atoms with E-state index in [0.717, 1.165) is 49.0 Å². The number of amides is 3. The summed E-state index contributed by atoms with van der Waals surface area (Å²) in [5.74, 6) is -0.712. The fourth-order valence-corrected chi connectivity index (χ4v) is 10.7. The van der Waals surface area contributed by atoms with Crippen molar-refractivity contribution in [3.63, 3.8) is 0 Å². The lowest BCUT2D eigenvalue weighted by atomic mass is 9.83. The molecule has 1 aliphatic heterocycles. The zero-order valence-electron chi connectivity index (χ0n) is 35.7. The Morgan fingerprint density at radius 2 is 1.82 bits per heavy atom. The minimum atomic E-state index is -3.88. The number of likely N-dealkylation sites (tertiary alicyclic amines) is 1. The summed E-state index contributed by atoms with van der Waals surface area (Å²) in [6.45, 7) is 15.2. The molecule has 60 heavy (non-hydrogen) atoms. The Labute approximate surface area is 358 Å². The number of rotatable bonds is 17. The minimum Gasteiger partial charge on any atom is -0.497 e. The quantitative estimate of drug-likeness (QED) is 0.114. The summed E-state index contributed by atoms with van der Waals surface area (Å²) in [5.41, 5.74) is 0.458. The number of carbonyl (C=O) groups is 3. The van der Waals surface area contributed by atoms with Crippen LogP contribution < -0.4 is 30.1 Å². The molecule has 326 valence electrons. The van der Waals surface area contributed by atoms with Gasteiger partial charge in [-0.3, -0.25) is 19.1 Å². The van der Waals surface area contributed by atoms with Gasteiger partial charge in [-0.2, -0.15) is 0 Å². The highest BCUT2D eigenvalue weighted by Crippen LogP contribution is 2.46. The minimum absolute atomic E-state index is 0.0528. The standard InChI is InChI=1S/C44H61N7O7S2/c1-8-28-23-44(28,41(54)50-60(55,56)31-15-16-31)49-39(52)36-21-30(24-51(36)40(53)38(27-12-10-9-11-13-27)45-19-18-43(4,5)6)58-37-22-34(35-25-59-42(48-35)46-26(2)3)47-33-20-29(57-7)14-17-32(33)37/h8,14,17,20,22,25-28,30-31,36,38,45H,1,9-13,15-16,18-19,21,23-24H2,2-7H3,(H,46,48)(H,49,52)(H,50,54)/t28-,30+,36-,38-,44+/m0/s1. The molecule has 4 aliphatic rings. The molecule has 4 fully saturated rings. The first-order chi connectivity index (χ1) is 28.5. The zero-order chi connectivity index (χ0) is 43.0. The van der Waals surface area contributed by atoms with E-state index < -0.39 is 56.7 Å². The summed E-state index contributed by atoms with van der Waals surface area (Å²) >= 11 is 1.48. The lowest BCUT2D eigenvalue weighted by molar-refractivity contribution is -0.142. The van der Waals surface area contributed by atoms with Crippen LogP contribution >= 0.6 is 11.3 Å². The number of thiazole rings is 1. The van der Waals surface area contributed by atoms with Gasteiger partial charge >= 0.3 is 0 Å². The van der Waals surface area contributed by atoms with Crippen LogP contribution in [0.5, 0.6) is 11.5 Å². The highest BCUT2D eigenvalue weighted by Gasteiger charge is 2.62. The fourth-order valence-electron chi connectivity index (χ4n) is 8.51. The molecular weight excluding hydrogens is 803 g/mol. The Morgan fingerprint density at radius 1 is 1.07 bits per heavy atom. The van der Waals surface area contributed by atoms with E-state index >= 15 is 4.79 Å². The van der Waals surface area contributed by atoms with Crippen molar-refractivity contribution in [3.05, 3.63) is 42.3 Å². The molecule has 2 aromatic heterocycles. The highest BCUT2D eigenvalue weighted by molar-refractivity contribution is 7.91. The first-order valence-corrected chi connectivity index (χ1v) is 23.8. The van der Waals surface area contributed by atoms with E-state index in [4.69, 9.17) is 19.4 Å². The molecule has 16 heteroatoms. The number of nitrogens with zero attached hydrogens (tertiary/aromatic N) is 3. The van der Waals surface area contributed by atoms with E-state index in [9.17, 15) is 18.0 Å². The SMILES string of the molecule is C=C[C@H]1C[C@]1(NC(=O)[C@@H]1C[C@@H](Oc2cc(-c3csc(NC(C)C)n3)nc3cc(OC)ccc23)CN1C(=O)[C@@H](NCCC(C)(C)C)C1CCCCC1)C(=O)NS(=O)(=O)C1CC1. The predicted octanol–water partition coefficient (Wildman–Crippen LogP) is 6.18. The number of nitrogens with one attached hydrogen (secondary N) is 4. The molecule has 3 aliphatic carbocycles. The second kappa shape index (κ2) is 17.6. The number of pyridine rings is 1. The van der Waals surface area contributed by atoms with Gasteiger partial charge in [0.1, 0.15) is 34.9 Å². The van der Waals surface area contributed by atoms with Gasteiger partial charge in [-0.15, -0.1) is 17.9 Å². The van der Waals surface area contributed by atoms with Crippen LogP contribution in [0.2, 0.25) is 0 Å². The second-order valence-corrected chi connectivity index (χ2v) is 21.3. The van der Waals surface area contributed by atoms with Crippen LogP contribution in [0.1, 0.15) is 98.8 Å². The van der Waals surface area contributed by atoms with Crippen molar-refractivity contribution >= 4 is 55.1 Å². The van der Waals surface area contributed by atoms with Crippen LogP contribution in [0.4, 0.5) is 5.13 Å². The van der Waals surface area contributed by atoms with Crippen LogP contribution in [0, 0.1) is 17.3 Å². The molecule has 4 N–H and O–H groups in total. The maximum Gasteiger partial charge on any atom is 0.259 e. The Hall–Kier alpha value is -4.28. The third-order valence-electron chi connectivity index (χ3n) is 12.2. The van der Waals surface area contributed by atoms with Gasteiger partial charge in [0, 0.05) is 41.3 Å². The Balaban J connectivity index is 1.21. The van der Waals surface area contributed by atoms with E-state index in [1.807, 2.05) is 43.5 Å². The third-order valence-corrected chi connectivity index (χ3v) is 14.8. The van der Waals surface area contributed by atoms with Crippen LogP contribution in [0.25, 0.3) is 22.3 Å². The first-order valence-electron chi connectivity index (χ1n) is 21.4. The molecule has 0 radical (unpaired) electrons. The van der Waals surface area contributed by atoms with Crippen LogP contribution in [-0.2, 0) is 24.4 Å². The predicted molar refractivity (Wildman–Crippen MR) is 234 cm³/mol. The fraction of sp³-hybridized carbons (Fsp3) is 0.614. The van der Waals surface area contributed by atoms with Crippen molar-refractivity contribution < 1.29 is 32.3 Å². The maximum atomic E-state index is 15.0. The largest absolute Gasteiger partial charge is 0.497 e. The molecule has 3 heterocycles. The molecule has 3 saturated carbocycles. The van der Waals surface area contributed by atoms with E-state index in [1.165, 1.54) is 11.3 Å². The number of fused-ring (bicyclic) bond motifs is 1. The summed E-state index contributed by atoms with van der Waals surface area (Å²) in [6.07, 6.45) is 8.13. The molecule has 0 bridgehead atoms. The maximum absolute atomic E-state index is 15.0. The molecule has 0 unspecified atom stereocenters. The lowest BCUT2D eigenvalue weighted by Gasteiger charge is -2.35. The van der Waals surface area contributed by atoms with Gasteiger partial charge in [-0.05, 0) is 82.4 Å². The summed E-state index contributed by atoms with van der Waals surface area (Å²) in [4.78, 5) is 54.8. The normalized spacial score (nSPS) is 23.9. The Bertz CT molecular complexity index is 2190. The molecule has 7 rings (SSSR count). The van der Waals surface area contributed by atoms with Gasteiger partial charge in [0.25, 0.3) is 5.91 Å². The molecule has 1 aromatic carbocycles. The Morgan fingerprint density at radius 3 is 2.47 bits per heavy atom. The zero-order valence-corrected chi connectivity index (χ0v) is 37.3. The van der Waals surface area contributed by atoms with Crippen LogP contribution in [-0.4, -0.2) is 96.2 Å². The molecule has 0 spiro atoms. The molecule has 5 atom stereocenters. The van der Waals surface area contributed by atoms with Crippen molar-refractivity contribution in [1.82, 2.24) is 30.2 Å². The molecule has 3 aromatic rings. The topological polar surface area (TPSA) is 181 Å². The summed E-state index contributed by atoms with van der Waals surface area (Å²) in [6, 6.07) is 6.09. The van der Waals surface area contributed by atoms with Gasteiger partial charge in [0.15, 0.2) is 5.13 Å². The summed E-state index contributed by atoms with van der Waals surface area (Å²) in [5, 5.41) is 12.7. The number of ether oxygens (including phenoxy) is 2. The van der Waals surface area contributed by atoms with Crippen molar-refractivity contribution in [2.45, 2.75) is 134 Å². The second-order valence-electron chi connectivity index (χ2n) is 18.5. The highest BCUT2D eigenvalue weighted by atomic mass is 32.2. The van der Waals surface area contributed by atoms with Gasteiger partial charge in [-0.25, -0.2) is 18.4 Å². The number of carbonyl (C=O) groups excluding carboxylic acids is 3. The molecule has 3 amide bonds. The van der Waals surface area contributed by atoms with Gasteiger partial charge in [0.2, 0.25) is 21.8 Å². The molecular formula is C44H61N7O7S2. The Kier molecular flexibility index (Phi) is 12.8. The first kappa shape index (κ1) is 43.8. The van der Waals surface area contributed by atoms with E-state index in [2.05, 4.69) is 48.0 Å². The van der Waals surface area contributed by atoms with E-state index in [0.29, 0.717) is 47.8 Å². The average molecular weight is 864 g/mol. The number of hydrogen-bond acceptors (Lipinski definition) is 12. The summed E-state index contributed by atoms with van der Waals surface area (Å²) < 4.78 is 40.4. The summed E-state index contributed by atoms with van der Waals surface area (Å²) in [7, 11) is -2.28. The average Bonchev–Trinajstić information content (AvgIpc) is 4.10. The van der Waals surface area contributed by atoms with Crippen LogP contribution in [0.3, 0.4) is 0 Å². The van der Waals surface area contributed by atoms with Gasteiger partial charge in [0.05, 0.1) is 36.2 Å². The van der Waals surface area contributed by atoms with Crippen molar-refractivity contribution in [1.29, 1.82) is 0 Å². The number of benzene rings is 1. The number of anilines is 1. The molecule has 1 saturated heterocycles. The van der Waals surface area contributed by atoms with Crippen molar-refractivity contribution in [3.8, 4) is 22.9 Å². The monoisotopic (exact) mass is 863 g/mol. The van der Waals surface area contributed by atoms with Gasteiger partial charge < -0.3 is 30.3 Å². The number of aromatic nitrogens is 2. The van der Waals surface area contributed by atoms with Crippen LogP contribution in [0.15, 0.2) is 42.3 Å². The van der Waals surface area contributed by atoms with E-state index in [-0.39, 0.29) is 42.7 Å². The number of methoxy groups -OCH3 is 1. The smallest absolute Gasteiger partial charge is 0.259 e. The van der Waals surface area contributed by atoms with E-state index in [1.54, 1.807) is 18.1 Å². The van der Waals surface area contributed by atoms with Gasteiger partial charge in [-0.1, -0.05) is 46.1 Å². The van der Waals surface area contributed by atoms with Crippen molar-refractivity contribution in [2.24, 2.45) is 17.3 Å². The van der Waals surface area contributed by atoms with Crippen molar-refractivity contribution in [2.75, 3.05) is 25.5 Å².